The Labute approximate surface area is 306 Å². The van der Waals surface area contributed by atoms with E-state index in [4.69, 9.17) is 34.8 Å². The molecular weight excluding hydrogens is 629 g/mol. The van der Waals surface area contributed by atoms with Crippen LogP contribution in [0.15, 0.2) is 166 Å². The average molecular weight is 666 g/mol. The fourth-order valence-corrected chi connectivity index (χ4v) is 6.82. The van der Waals surface area contributed by atoms with Crippen molar-refractivity contribution in [1.29, 1.82) is 0 Å². The smallest absolute Gasteiger partial charge is 0.238 e. The Balaban J connectivity index is 1.23. The first-order chi connectivity index (χ1) is 29.8. The molecule has 4 aromatic heterocycles. The fourth-order valence-electron chi connectivity index (χ4n) is 6.82. The van der Waals surface area contributed by atoms with Gasteiger partial charge >= 0.3 is 0 Å². The van der Waals surface area contributed by atoms with E-state index in [0.717, 1.165) is 32.6 Å². The van der Waals surface area contributed by atoms with E-state index < -0.39 is 72.0 Å². The number of furan rings is 2. The van der Waals surface area contributed by atoms with E-state index in [9.17, 15) is 4.11 Å². The van der Waals surface area contributed by atoms with Crippen LogP contribution >= 0.6 is 0 Å². The van der Waals surface area contributed by atoms with Gasteiger partial charge in [-0.1, -0.05) is 115 Å². The predicted molar refractivity (Wildman–Crippen MR) is 205 cm³/mol. The van der Waals surface area contributed by atoms with E-state index >= 15 is 0 Å². The van der Waals surface area contributed by atoms with Gasteiger partial charge in [-0.15, -0.1) is 0 Å². The zero-order valence-electron chi connectivity index (χ0n) is 37.3. The van der Waals surface area contributed by atoms with Crippen LogP contribution in [0, 0.1) is 0 Å². The van der Waals surface area contributed by atoms with Gasteiger partial charge < -0.3 is 8.83 Å². The molecule has 0 amide bonds. The number of hydrogen-bond acceptors (Lipinski definition) is 5. The molecule has 238 valence electrons. The zero-order chi connectivity index (χ0) is 43.0. The highest BCUT2D eigenvalue weighted by atomic mass is 16.3. The molecule has 6 heteroatoms. The molecule has 0 bridgehead atoms. The molecule has 11 rings (SSSR count). The van der Waals surface area contributed by atoms with E-state index in [0.29, 0.717) is 16.7 Å². The summed E-state index contributed by atoms with van der Waals surface area (Å²) in [6.07, 6.45) is 0. The van der Waals surface area contributed by atoms with Gasteiger partial charge in [-0.25, -0.2) is 4.98 Å². The number of para-hydroxylation sites is 2. The summed E-state index contributed by atoms with van der Waals surface area (Å²) in [6, 6.07) is 21.8. The molecule has 51 heavy (non-hydrogen) atoms. The van der Waals surface area contributed by atoms with Crippen LogP contribution in [-0.2, 0) is 0 Å². The molecule has 11 aromatic rings. The summed E-state index contributed by atoms with van der Waals surface area (Å²) in [7, 11) is 0. The van der Waals surface area contributed by atoms with Gasteiger partial charge in [-0.05, 0) is 47.5 Å². The van der Waals surface area contributed by atoms with Crippen molar-refractivity contribution in [2.45, 2.75) is 0 Å². The Hall–Kier alpha value is -7.05. The normalized spacial score (nSPS) is 14.9. The molecular formula is C45H26N4O2. The number of nitrogens with zero attached hydrogens (tertiary/aromatic N) is 4. The van der Waals surface area contributed by atoms with Gasteiger partial charge in [0, 0.05) is 49.5 Å². The van der Waals surface area contributed by atoms with Crippen LogP contribution in [0.4, 0.5) is 0 Å². The highest BCUT2D eigenvalue weighted by Gasteiger charge is 2.21. The Morgan fingerprint density at radius 3 is 2.12 bits per heavy atom. The summed E-state index contributed by atoms with van der Waals surface area (Å²) < 4.78 is 111. The Morgan fingerprint density at radius 2 is 1.24 bits per heavy atom. The van der Waals surface area contributed by atoms with Gasteiger partial charge in [0.2, 0.25) is 5.95 Å². The number of hydrogen-bond donors (Lipinski definition) is 0. The highest BCUT2D eigenvalue weighted by Crippen LogP contribution is 2.40. The minimum atomic E-state index is -0.691. The summed E-state index contributed by atoms with van der Waals surface area (Å²) in [6.45, 7) is 0. The third kappa shape index (κ3) is 4.26. The molecule has 0 fully saturated rings. The van der Waals surface area contributed by atoms with Gasteiger partial charge in [0.1, 0.15) is 22.3 Å². The van der Waals surface area contributed by atoms with Crippen molar-refractivity contribution >= 4 is 65.7 Å². The summed E-state index contributed by atoms with van der Waals surface area (Å²) in [5.74, 6) is 0.195. The van der Waals surface area contributed by atoms with Crippen molar-refractivity contribution in [1.82, 2.24) is 19.5 Å². The molecule has 0 saturated heterocycles. The minimum Gasteiger partial charge on any atom is -0.456 e. The van der Waals surface area contributed by atoms with Crippen molar-refractivity contribution < 1.29 is 23.9 Å². The molecule has 0 unspecified atom stereocenters. The molecule has 7 aromatic carbocycles. The lowest BCUT2D eigenvalue weighted by Crippen LogP contribution is -2.06. The first kappa shape index (κ1) is 19.2. The van der Waals surface area contributed by atoms with Crippen LogP contribution in [-0.4, -0.2) is 19.5 Å². The van der Waals surface area contributed by atoms with Gasteiger partial charge in [0.15, 0.2) is 11.6 Å². The maximum Gasteiger partial charge on any atom is 0.238 e. The monoisotopic (exact) mass is 665 g/mol. The van der Waals surface area contributed by atoms with Crippen molar-refractivity contribution in [3.63, 3.8) is 0 Å². The number of aromatic nitrogens is 4. The van der Waals surface area contributed by atoms with Gasteiger partial charge in [0.25, 0.3) is 0 Å². The second-order valence-corrected chi connectivity index (χ2v) is 12.0. The van der Waals surface area contributed by atoms with E-state index in [1.165, 1.54) is 0 Å². The molecule has 0 aliphatic heterocycles. The Kier molecular flexibility index (Phi) is 4.04. The lowest BCUT2D eigenvalue weighted by molar-refractivity contribution is 0.668. The van der Waals surface area contributed by atoms with Crippen LogP contribution < -0.4 is 0 Å². The van der Waals surface area contributed by atoms with Crippen molar-refractivity contribution in [3.05, 3.63) is 157 Å². The van der Waals surface area contributed by atoms with Gasteiger partial charge in [0.05, 0.1) is 26.1 Å². The molecule has 0 aliphatic carbocycles. The summed E-state index contributed by atoms with van der Waals surface area (Å²) >= 11 is 0. The van der Waals surface area contributed by atoms with E-state index in [-0.39, 0.29) is 50.7 Å². The fraction of sp³-hybridized carbons (Fsp3) is 0. The van der Waals surface area contributed by atoms with Crippen LogP contribution in [0.3, 0.4) is 0 Å². The van der Waals surface area contributed by atoms with E-state index in [2.05, 4.69) is 6.07 Å². The Bertz CT molecular complexity index is 3760. The third-order valence-electron chi connectivity index (χ3n) is 9.07. The highest BCUT2D eigenvalue weighted by molar-refractivity contribution is 6.17. The maximum absolute atomic E-state index is 9.58. The molecule has 0 spiro atoms. The van der Waals surface area contributed by atoms with Crippen molar-refractivity contribution in [2.75, 3.05) is 0 Å². The number of benzene rings is 7. The van der Waals surface area contributed by atoms with Gasteiger partial charge in [-0.3, -0.25) is 4.57 Å². The van der Waals surface area contributed by atoms with Crippen LogP contribution in [0.5, 0.6) is 0 Å². The molecule has 4 heterocycles. The second kappa shape index (κ2) is 10.7. The van der Waals surface area contributed by atoms with Crippen LogP contribution in [0.2, 0.25) is 0 Å². The molecule has 0 atom stereocenters. The number of fused-ring (bicyclic) bond motifs is 9. The van der Waals surface area contributed by atoms with Crippen LogP contribution in [0.1, 0.15) is 15.1 Å². The summed E-state index contributed by atoms with van der Waals surface area (Å²) in [5.41, 5.74) is 1.76. The first-order valence-electron chi connectivity index (χ1n) is 21.5. The first-order valence-corrected chi connectivity index (χ1v) is 16.0. The largest absolute Gasteiger partial charge is 0.456 e. The predicted octanol–water partition coefficient (Wildman–Crippen LogP) is 11.8. The average Bonchev–Trinajstić information content (AvgIpc) is 3.97. The minimum absolute atomic E-state index is 0.139. The summed E-state index contributed by atoms with van der Waals surface area (Å²) in [4.78, 5) is 14.7. The second-order valence-electron chi connectivity index (χ2n) is 12.0. The third-order valence-corrected chi connectivity index (χ3v) is 9.07. The molecule has 6 nitrogen and oxygen atoms in total. The zero-order valence-corrected chi connectivity index (χ0v) is 26.3. The lowest BCUT2D eigenvalue weighted by Gasteiger charge is -2.11. The lowest BCUT2D eigenvalue weighted by atomic mass is 9.99. The molecule has 0 radical (unpaired) electrons. The SMILES string of the molecule is [2H]c1c([2H])c([2H])c(-c2c([2H])c([2H])c([2H])c3oc4c([2H])c(-c5nc(-c6ccccc6)nc(-n6c7ccccc7c7cc8c(cc76)oc6ccccc68)n5)c([2H])c([2H])c4c23)c([2H])c1[2H]. The quantitative estimate of drug-likeness (QED) is 0.187. The molecule has 0 N–H and O–H groups in total. The van der Waals surface area contributed by atoms with E-state index in [1.54, 1.807) is 12.1 Å². The van der Waals surface area contributed by atoms with Crippen molar-refractivity contribution in [2.24, 2.45) is 0 Å². The van der Waals surface area contributed by atoms with Gasteiger partial charge in [-0.2, -0.15) is 9.97 Å². The van der Waals surface area contributed by atoms with Crippen LogP contribution in [0.25, 0.3) is 106 Å². The topological polar surface area (TPSA) is 69.9 Å². The maximum atomic E-state index is 9.58. The van der Waals surface area contributed by atoms with Crippen molar-refractivity contribution in [3.8, 4) is 39.9 Å². The molecule has 0 aliphatic rings. The molecule has 0 saturated carbocycles. The Morgan fingerprint density at radius 1 is 0.471 bits per heavy atom. The standard InChI is InChI=1S/C45H26N4O2/c1-3-12-27(13-4-1)30-18-11-21-39-42(30)33-23-22-29(24-40(33)51-39)44-46-43(28-14-5-2-6-15-28)47-45(48-44)49-36-19-9-7-16-31(36)34-25-35-32-17-8-10-20-38(32)50-41(35)26-37(34)49/h1-26H/i1D,3D,4D,11D,12D,13D,18D,21D,22D,23D,24D. The summed E-state index contributed by atoms with van der Waals surface area (Å²) in [5, 5.41) is 3.28. The number of rotatable bonds is 4. The van der Waals surface area contributed by atoms with E-state index in [1.807, 2.05) is 77.4 Å².